The standard InChI is InChI=1S/C27H27N3O4S/c31-26(14-18-5-10-23(11-6-18)35(33,34)17-19-3-4-19)29-21-9-12-24(25(15-21)20-7-8-20)27(32)30-22-2-1-13-28-16-22/h1-2,5-6,9-13,15-16,19-20H,3-4,7-8,14,17H2,(H,29,31)(H,30,32). The topological polar surface area (TPSA) is 105 Å². The number of aromatic nitrogens is 1. The Balaban J connectivity index is 1.24. The monoisotopic (exact) mass is 489 g/mol. The number of sulfone groups is 1. The maximum atomic E-state index is 12.8. The zero-order valence-corrected chi connectivity index (χ0v) is 20.1. The number of carbonyl (C=O) groups is 2. The van der Waals surface area contributed by atoms with Crippen LogP contribution in [0.4, 0.5) is 11.4 Å². The van der Waals surface area contributed by atoms with Gasteiger partial charge in [0.15, 0.2) is 9.84 Å². The third kappa shape index (κ3) is 5.95. The van der Waals surface area contributed by atoms with Crippen molar-refractivity contribution in [2.75, 3.05) is 16.4 Å². The third-order valence-electron chi connectivity index (χ3n) is 6.32. The third-order valence-corrected chi connectivity index (χ3v) is 8.22. The number of nitrogens with zero attached hydrogens (tertiary/aromatic N) is 1. The van der Waals surface area contributed by atoms with Crippen molar-refractivity contribution in [3.63, 3.8) is 0 Å². The van der Waals surface area contributed by atoms with Gasteiger partial charge in [-0.05, 0) is 91.1 Å². The van der Waals surface area contributed by atoms with Crippen LogP contribution in [-0.4, -0.2) is 31.0 Å². The second-order valence-electron chi connectivity index (χ2n) is 9.37. The van der Waals surface area contributed by atoms with Gasteiger partial charge in [0.1, 0.15) is 0 Å². The molecule has 180 valence electrons. The number of rotatable bonds is 9. The van der Waals surface area contributed by atoms with E-state index in [0.717, 1.165) is 36.8 Å². The normalized spacial score (nSPS) is 15.4. The molecule has 0 aliphatic heterocycles. The van der Waals surface area contributed by atoms with Gasteiger partial charge >= 0.3 is 0 Å². The Morgan fingerprint density at radius 2 is 1.69 bits per heavy atom. The Morgan fingerprint density at radius 1 is 0.914 bits per heavy atom. The molecule has 3 aromatic rings. The highest BCUT2D eigenvalue weighted by Gasteiger charge is 2.30. The quantitative estimate of drug-likeness (QED) is 0.458. The van der Waals surface area contributed by atoms with E-state index < -0.39 is 9.84 Å². The first-order chi connectivity index (χ1) is 16.9. The van der Waals surface area contributed by atoms with Gasteiger partial charge < -0.3 is 10.6 Å². The summed E-state index contributed by atoms with van der Waals surface area (Å²) in [6.45, 7) is 0. The van der Waals surface area contributed by atoms with Gasteiger partial charge in [-0.15, -0.1) is 0 Å². The molecular formula is C27H27N3O4S. The lowest BCUT2D eigenvalue weighted by Gasteiger charge is -2.13. The number of benzene rings is 2. The number of pyridine rings is 1. The lowest BCUT2D eigenvalue weighted by molar-refractivity contribution is -0.115. The van der Waals surface area contributed by atoms with E-state index in [0.29, 0.717) is 33.7 Å². The summed E-state index contributed by atoms with van der Waals surface area (Å²) in [5.41, 5.74) is 3.52. The Morgan fingerprint density at radius 3 is 2.34 bits per heavy atom. The van der Waals surface area contributed by atoms with Crippen molar-refractivity contribution in [1.29, 1.82) is 0 Å². The van der Waals surface area contributed by atoms with Crippen LogP contribution >= 0.6 is 0 Å². The molecule has 5 rings (SSSR count). The minimum atomic E-state index is -3.27. The Kier molecular flexibility index (Phi) is 6.38. The van der Waals surface area contributed by atoms with Crippen molar-refractivity contribution in [2.45, 2.75) is 42.9 Å². The smallest absolute Gasteiger partial charge is 0.255 e. The van der Waals surface area contributed by atoms with Crippen molar-refractivity contribution >= 4 is 33.0 Å². The van der Waals surface area contributed by atoms with E-state index in [1.165, 1.54) is 0 Å². The molecule has 7 nitrogen and oxygen atoms in total. The molecule has 2 aromatic carbocycles. The fourth-order valence-electron chi connectivity index (χ4n) is 4.11. The summed E-state index contributed by atoms with van der Waals surface area (Å²) >= 11 is 0. The average Bonchev–Trinajstić information content (AvgIpc) is 3.75. The second-order valence-corrected chi connectivity index (χ2v) is 11.4. The molecule has 0 radical (unpaired) electrons. The molecule has 2 N–H and O–H groups in total. The fraction of sp³-hybridized carbons (Fsp3) is 0.296. The maximum Gasteiger partial charge on any atom is 0.255 e. The first-order valence-corrected chi connectivity index (χ1v) is 13.5. The highest BCUT2D eigenvalue weighted by atomic mass is 32.2. The minimum absolute atomic E-state index is 0.130. The number of nitrogens with one attached hydrogen (secondary N) is 2. The van der Waals surface area contributed by atoms with Crippen molar-refractivity contribution in [1.82, 2.24) is 4.98 Å². The summed E-state index contributed by atoms with van der Waals surface area (Å²) in [5, 5.41) is 5.78. The van der Waals surface area contributed by atoms with Crippen molar-refractivity contribution in [3.8, 4) is 0 Å². The van der Waals surface area contributed by atoms with Gasteiger partial charge in [0.05, 0.1) is 29.0 Å². The lowest BCUT2D eigenvalue weighted by Crippen LogP contribution is -2.17. The van der Waals surface area contributed by atoms with Crippen LogP contribution in [0.3, 0.4) is 0 Å². The Bertz CT molecular complexity index is 1350. The number of anilines is 2. The van der Waals surface area contributed by atoms with E-state index in [9.17, 15) is 18.0 Å². The number of hydrogen-bond acceptors (Lipinski definition) is 5. The summed E-state index contributed by atoms with van der Waals surface area (Å²) in [6.07, 6.45) is 7.37. The molecule has 2 saturated carbocycles. The van der Waals surface area contributed by atoms with Crippen LogP contribution in [0.25, 0.3) is 0 Å². The molecular weight excluding hydrogens is 462 g/mol. The van der Waals surface area contributed by atoms with Crippen LogP contribution in [-0.2, 0) is 21.1 Å². The molecule has 0 unspecified atom stereocenters. The van der Waals surface area contributed by atoms with Crippen molar-refractivity contribution in [2.24, 2.45) is 5.92 Å². The van der Waals surface area contributed by atoms with Crippen LogP contribution in [0.5, 0.6) is 0 Å². The zero-order chi connectivity index (χ0) is 24.4. The summed E-state index contributed by atoms with van der Waals surface area (Å²) < 4.78 is 24.8. The van der Waals surface area contributed by atoms with E-state index in [4.69, 9.17) is 0 Å². The van der Waals surface area contributed by atoms with E-state index in [1.54, 1.807) is 60.9 Å². The van der Waals surface area contributed by atoms with Crippen LogP contribution in [0.2, 0.25) is 0 Å². The van der Waals surface area contributed by atoms with Gasteiger partial charge in [0, 0.05) is 17.4 Å². The van der Waals surface area contributed by atoms with Gasteiger partial charge in [-0.3, -0.25) is 14.6 Å². The summed E-state index contributed by atoms with van der Waals surface area (Å²) in [6, 6.07) is 15.5. The van der Waals surface area contributed by atoms with Crippen molar-refractivity contribution < 1.29 is 18.0 Å². The SMILES string of the molecule is O=C(Cc1ccc(S(=O)(=O)CC2CC2)cc1)Nc1ccc(C(=O)Nc2cccnc2)c(C2CC2)c1. The van der Waals surface area contributed by atoms with Gasteiger partial charge in [0.2, 0.25) is 5.91 Å². The van der Waals surface area contributed by atoms with Gasteiger partial charge in [-0.1, -0.05) is 12.1 Å². The molecule has 0 atom stereocenters. The zero-order valence-electron chi connectivity index (χ0n) is 19.2. The van der Waals surface area contributed by atoms with Gasteiger partial charge in [0.25, 0.3) is 5.91 Å². The molecule has 0 saturated heterocycles. The second kappa shape index (κ2) is 9.62. The summed E-state index contributed by atoms with van der Waals surface area (Å²) in [4.78, 5) is 29.8. The predicted molar refractivity (Wildman–Crippen MR) is 134 cm³/mol. The molecule has 0 bridgehead atoms. The molecule has 35 heavy (non-hydrogen) atoms. The first-order valence-electron chi connectivity index (χ1n) is 11.8. The molecule has 0 spiro atoms. The van der Waals surface area contributed by atoms with E-state index in [1.807, 2.05) is 6.07 Å². The molecule has 1 heterocycles. The van der Waals surface area contributed by atoms with Gasteiger partial charge in [-0.2, -0.15) is 0 Å². The number of hydrogen-bond donors (Lipinski definition) is 2. The maximum absolute atomic E-state index is 12.8. The molecule has 8 heteroatoms. The summed E-state index contributed by atoms with van der Waals surface area (Å²) in [7, 11) is -3.27. The number of amides is 2. The first kappa shape index (κ1) is 23.2. The van der Waals surface area contributed by atoms with Crippen molar-refractivity contribution in [3.05, 3.63) is 83.7 Å². The highest BCUT2D eigenvalue weighted by molar-refractivity contribution is 7.91. The van der Waals surface area contributed by atoms with Crippen LogP contribution in [0.15, 0.2) is 71.9 Å². The van der Waals surface area contributed by atoms with Crippen LogP contribution < -0.4 is 10.6 Å². The minimum Gasteiger partial charge on any atom is -0.326 e. The van der Waals surface area contributed by atoms with Gasteiger partial charge in [-0.25, -0.2) is 8.42 Å². The molecule has 2 aliphatic carbocycles. The number of carbonyl (C=O) groups excluding carboxylic acids is 2. The fourth-order valence-corrected chi connectivity index (χ4v) is 5.81. The molecule has 2 amide bonds. The largest absolute Gasteiger partial charge is 0.326 e. The molecule has 1 aromatic heterocycles. The van der Waals surface area contributed by atoms with E-state index in [2.05, 4.69) is 15.6 Å². The molecule has 2 aliphatic rings. The van der Waals surface area contributed by atoms with E-state index in [-0.39, 0.29) is 24.0 Å². The molecule has 2 fully saturated rings. The Labute approximate surface area is 204 Å². The highest BCUT2D eigenvalue weighted by Crippen LogP contribution is 2.42. The van der Waals surface area contributed by atoms with E-state index >= 15 is 0 Å². The predicted octanol–water partition coefficient (Wildman–Crippen LogP) is 4.58. The van der Waals surface area contributed by atoms with Crippen LogP contribution in [0, 0.1) is 5.92 Å². The summed E-state index contributed by atoms with van der Waals surface area (Å²) in [5.74, 6) is 0.403. The Hall–Kier alpha value is -3.52. The lowest BCUT2D eigenvalue weighted by atomic mass is 10.0. The van der Waals surface area contributed by atoms with Crippen LogP contribution in [0.1, 0.15) is 53.1 Å². The average molecular weight is 490 g/mol.